The number of rotatable bonds is 8. The Hall–Kier alpha value is -5.01. The van der Waals surface area contributed by atoms with E-state index in [0.29, 0.717) is 45.1 Å². The van der Waals surface area contributed by atoms with Crippen LogP contribution in [0.2, 0.25) is 0 Å². The van der Waals surface area contributed by atoms with E-state index in [1.807, 2.05) is 38.1 Å². The monoisotopic (exact) mass is 598 g/mol. The number of nitrogens with one attached hydrogen (secondary N) is 4. The van der Waals surface area contributed by atoms with Crippen molar-refractivity contribution in [3.05, 3.63) is 78.5 Å². The van der Waals surface area contributed by atoms with Gasteiger partial charge in [-0.25, -0.2) is 22.5 Å². The highest BCUT2D eigenvalue weighted by Crippen LogP contribution is 2.33. The molecule has 13 heteroatoms. The van der Waals surface area contributed by atoms with Gasteiger partial charge in [-0.15, -0.1) is 0 Å². The second-order valence-corrected chi connectivity index (χ2v) is 12.4. The number of nitrogens with zero attached hydrogens (tertiary/aromatic N) is 4. The lowest BCUT2D eigenvalue weighted by Crippen LogP contribution is -2.21. The second kappa shape index (κ2) is 11.0. The summed E-state index contributed by atoms with van der Waals surface area (Å²) < 4.78 is 40.0. The number of benzene rings is 2. The van der Waals surface area contributed by atoms with Crippen LogP contribution in [0.25, 0.3) is 55.8 Å². The molecule has 0 fully saturated rings. The predicted octanol–water partition coefficient (Wildman–Crippen LogP) is 5.01. The molecule has 2 aromatic carbocycles. The van der Waals surface area contributed by atoms with Crippen molar-refractivity contribution in [1.82, 2.24) is 34.9 Å². The second-order valence-electron chi connectivity index (χ2n) is 10.5. The summed E-state index contributed by atoms with van der Waals surface area (Å²) in [6.45, 7) is 3.59. The first-order valence-electron chi connectivity index (χ1n) is 13.4. The van der Waals surface area contributed by atoms with Gasteiger partial charge in [0.1, 0.15) is 17.0 Å². The van der Waals surface area contributed by atoms with E-state index in [4.69, 9.17) is 4.98 Å². The van der Waals surface area contributed by atoms with Crippen LogP contribution in [-0.4, -0.2) is 50.7 Å². The Kier molecular flexibility index (Phi) is 7.20. The molecule has 0 radical (unpaired) electrons. The van der Waals surface area contributed by atoms with E-state index in [-0.39, 0.29) is 18.4 Å². The summed E-state index contributed by atoms with van der Waals surface area (Å²) in [5.41, 5.74) is 6.19. The lowest BCUT2D eigenvalue weighted by molar-refractivity contribution is -0.118. The topological polar surface area (TPSA) is 158 Å². The van der Waals surface area contributed by atoms with E-state index in [1.165, 1.54) is 12.1 Å². The van der Waals surface area contributed by atoms with Crippen molar-refractivity contribution in [2.45, 2.75) is 20.4 Å². The predicted molar refractivity (Wildman–Crippen MR) is 163 cm³/mol. The number of fused-ring (bicyclic) bond motifs is 2. The molecule has 0 atom stereocenters. The third-order valence-corrected chi connectivity index (χ3v) is 7.49. The summed E-state index contributed by atoms with van der Waals surface area (Å²) in [4.78, 5) is 29.0. The van der Waals surface area contributed by atoms with E-state index < -0.39 is 15.8 Å². The Morgan fingerprint density at radius 3 is 2.60 bits per heavy atom. The Labute approximate surface area is 246 Å². The normalized spacial score (nSPS) is 11.9. The molecule has 0 saturated heterocycles. The number of H-pyrrole nitrogens is 2. The van der Waals surface area contributed by atoms with Crippen molar-refractivity contribution in [2.24, 2.45) is 5.92 Å². The molecule has 0 saturated carbocycles. The zero-order chi connectivity index (χ0) is 30.3. The summed E-state index contributed by atoms with van der Waals surface area (Å²) in [7, 11) is -3.45. The van der Waals surface area contributed by atoms with Gasteiger partial charge in [0.2, 0.25) is 15.9 Å². The summed E-state index contributed by atoms with van der Waals surface area (Å²) in [6.07, 6.45) is 5.97. The van der Waals surface area contributed by atoms with E-state index in [1.54, 1.807) is 30.7 Å². The van der Waals surface area contributed by atoms with Gasteiger partial charge in [0.25, 0.3) is 0 Å². The van der Waals surface area contributed by atoms with Crippen molar-refractivity contribution in [3.63, 3.8) is 0 Å². The maximum Gasteiger partial charge on any atom is 0.226 e. The SMILES string of the molecule is CC(C)C(=O)Nc1cncc(-c2ccc3[nH]nc(-c4nc5c(-c6cc(F)cc(CNS(C)(=O)=O)c6)nccc5[nH]4)c3c2)c1. The molecule has 218 valence electrons. The van der Waals surface area contributed by atoms with Crippen LogP contribution < -0.4 is 10.0 Å². The van der Waals surface area contributed by atoms with Crippen LogP contribution >= 0.6 is 0 Å². The van der Waals surface area contributed by atoms with Crippen LogP contribution in [-0.2, 0) is 21.4 Å². The van der Waals surface area contributed by atoms with Crippen LogP contribution in [0.5, 0.6) is 0 Å². The zero-order valence-corrected chi connectivity index (χ0v) is 24.3. The highest BCUT2D eigenvalue weighted by Gasteiger charge is 2.18. The molecule has 6 aromatic rings. The number of amides is 1. The lowest BCUT2D eigenvalue weighted by Gasteiger charge is -2.09. The molecule has 43 heavy (non-hydrogen) atoms. The lowest BCUT2D eigenvalue weighted by atomic mass is 10.0. The van der Waals surface area contributed by atoms with Gasteiger partial charge in [0, 0.05) is 41.4 Å². The number of aromatic amines is 2. The molecule has 4 heterocycles. The minimum absolute atomic E-state index is 0.0600. The molecule has 11 nitrogen and oxygen atoms in total. The molecular formula is C30H27FN8O3S. The quantitative estimate of drug-likeness (QED) is 0.192. The van der Waals surface area contributed by atoms with Crippen molar-refractivity contribution >= 4 is 43.6 Å². The standard InChI is InChI=1S/C30H27FN8O3S/c1-16(2)30(40)35-22-11-20(14-32-15-22)18-4-5-24-23(12-18)27(39-38-24)29-36-25-6-7-33-26(28(25)37-29)19-8-17(9-21(31)10-19)13-34-43(3,41)42/h4-12,14-16,34H,13H2,1-3H3,(H,35,40)(H,36,37)(H,38,39). The Morgan fingerprint density at radius 2 is 1.81 bits per heavy atom. The number of carbonyl (C=O) groups excluding carboxylic acids is 1. The largest absolute Gasteiger partial charge is 0.336 e. The summed E-state index contributed by atoms with van der Waals surface area (Å²) >= 11 is 0. The number of pyridine rings is 2. The number of aromatic nitrogens is 6. The van der Waals surface area contributed by atoms with Crippen LogP contribution in [0.4, 0.5) is 10.1 Å². The minimum Gasteiger partial charge on any atom is -0.336 e. The molecular weight excluding hydrogens is 571 g/mol. The first kappa shape index (κ1) is 28.1. The average molecular weight is 599 g/mol. The zero-order valence-electron chi connectivity index (χ0n) is 23.4. The third-order valence-electron chi connectivity index (χ3n) is 6.82. The van der Waals surface area contributed by atoms with Crippen molar-refractivity contribution < 1.29 is 17.6 Å². The van der Waals surface area contributed by atoms with Crippen molar-refractivity contribution in [1.29, 1.82) is 0 Å². The van der Waals surface area contributed by atoms with Gasteiger partial charge in [0.05, 0.1) is 34.9 Å². The highest BCUT2D eigenvalue weighted by atomic mass is 32.2. The molecule has 6 rings (SSSR count). The summed E-state index contributed by atoms with van der Waals surface area (Å²) in [6, 6.07) is 13.7. The van der Waals surface area contributed by atoms with E-state index in [9.17, 15) is 17.6 Å². The Morgan fingerprint density at radius 1 is 0.977 bits per heavy atom. The molecule has 0 aliphatic heterocycles. The van der Waals surface area contributed by atoms with Crippen molar-refractivity contribution in [2.75, 3.05) is 11.6 Å². The van der Waals surface area contributed by atoms with E-state index in [0.717, 1.165) is 28.3 Å². The number of sulfonamides is 1. The van der Waals surface area contributed by atoms with Crippen LogP contribution in [0.3, 0.4) is 0 Å². The van der Waals surface area contributed by atoms with Gasteiger partial charge < -0.3 is 10.3 Å². The van der Waals surface area contributed by atoms with Crippen molar-refractivity contribution in [3.8, 4) is 33.9 Å². The number of hydrogen-bond donors (Lipinski definition) is 4. The van der Waals surface area contributed by atoms with Crippen LogP contribution in [0.1, 0.15) is 19.4 Å². The average Bonchev–Trinajstić information content (AvgIpc) is 3.59. The third kappa shape index (κ3) is 5.98. The van der Waals surface area contributed by atoms with Gasteiger partial charge >= 0.3 is 0 Å². The first-order valence-corrected chi connectivity index (χ1v) is 15.3. The number of imidazole rings is 1. The fourth-order valence-corrected chi connectivity index (χ4v) is 5.12. The molecule has 4 N–H and O–H groups in total. The first-order chi connectivity index (χ1) is 20.5. The molecule has 0 aliphatic rings. The minimum atomic E-state index is -3.45. The molecule has 1 amide bonds. The van der Waals surface area contributed by atoms with Gasteiger partial charge in [-0.05, 0) is 53.6 Å². The highest BCUT2D eigenvalue weighted by molar-refractivity contribution is 7.88. The molecule has 0 unspecified atom stereocenters. The fourth-order valence-electron chi connectivity index (χ4n) is 4.69. The van der Waals surface area contributed by atoms with Gasteiger partial charge in [0.15, 0.2) is 5.82 Å². The fraction of sp³-hybridized carbons (Fsp3) is 0.167. The summed E-state index contributed by atoms with van der Waals surface area (Å²) in [5, 5.41) is 11.2. The van der Waals surface area contributed by atoms with Crippen LogP contribution in [0, 0.1) is 11.7 Å². The smallest absolute Gasteiger partial charge is 0.226 e. The number of anilines is 1. The Bertz CT molecular complexity index is 2120. The Balaban J connectivity index is 1.38. The van der Waals surface area contributed by atoms with E-state index >= 15 is 0 Å². The maximum absolute atomic E-state index is 14.6. The van der Waals surface area contributed by atoms with Gasteiger partial charge in [-0.1, -0.05) is 19.9 Å². The number of halogens is 1. The summed E-state index contributed by atoms with van der Waals surface area (Å²) in [5.74, 6) is -0.289. The molecule has 0 aliphatic carbocycles. The maximum atomic E-state index is 14.6. The molecule has 4 aromatic heterocycles. The van der Waals surface area contributed by atoms with Gasteiger partial charge in [-0.3, -0.25) is 19.9 Å². The van der Waals surface area contributed by atoms with Crippen LogP contribution in [0.15, 0.2) is 67.1 Å². The van der Waals surface area contributed by atoms with Gasteiger partial charge in [-0.2, -0.15) is 5.10 Å². The molecule has 0 bridgehead atoms. The number of hydrogen-bond acceptors (Lipinski definition) is 7. The molecule has 0 spiro atoms. The number of carbonyl (C=O) groups is 1. The van der Waals surface area contributed by atoms with E-state index in [2.05, 4.69) is 35.2 Å².